The van der Waals surface area contributed by atoms with E-state index in [1.807, 2.05) is 6.92 Å². The number of carbonyl (C=O) groups is 2. The summed E-state index contributed by atoms with van der Waals surface area (Å²) in [6, 6.07) is 5.35. The number of hydrogen-bond donors (Lipinski definition) is 2. The number of ether oxygens (including phenoxy) is 1. The van der Waals surface area contributed by atoms with E-state index in [0.717, 1.165) is 0 Å². The van der Waals surface area contributed by atoms with Gasteiger partial charge in [0.25, 0.3) is 5.91 Å². The van der Waals surface area contributed by atoms with E-state index in [4.69, 9.17) is 16.3 Å². The van der Waals surface area contributed by atoms with E-state index < -0.39 is 17.9 Å². The second-order valence-corrected chi connectivity index (χ2v) is 3.73. The zero-order chi connectivity index (χ0) is 14.3. The van der Waals surface area contributed by atoms with Crippen LogP contribution >= 0.6 is 0 Å². The monoisotopic (exact) mass is 261 g/mol. The van der Waals surface area contributed by atoms with Crippen molar-refractivity contribution in [3.8, 4) is 18.1 Å². The predicted octanol–water partition coefficient (Wildman–Crippen LogP) is 1.29. The van der Waals surface area contributed by atoms with Crippen LogP contribution < -0.4 is 10.1 Å². The molecule has 0 bridgehead atoms. The Morgan fingerprint density at radius 3 is 2.53 bits per heavy atom. The summed E-state index contributed by atoms with van der Waals surface area (Å²) in [5.41, 5.74) is 0.353. The third kappa shape index (κ3) is 4.36. The molecule has 1 amide bonds. The summed E-state index contributed by atoms with van der Waals surface area (Å²) >= 11 is 0. The molecular formula is C14H15NO4. The minimum atomic E-state index is -1.16. The van der Waals surface area contributed by atoms with Crippen LogP contribution in [0.5, 0.6) is 5.75 Å². The first kappa shape index (κ1) is 14.6. The van der Waals surface area contributed by atoms with Crippen LogP contribution in [0.4, 0.5) is 0 Å². The van der Waals surface area contributed by atoms with Crippen molar-refractivity contribution >= 4 is 11.9 Å². The van der Waals surface area contributed by atoms with Crippen molar-refractivity contribution in [2.24, 2.45) is 0 Å². The lowest BCUT2D eigenvalue weighted by molar-refractivity contribution is -0.139. The molecule has 0 spiro atoms. The highest BCUT2D eigenvalue weighted by Crippen LogP contribution is 2.12. The standard InChI is InChI=1S/C14H15NO4/c1-3-5-12(14(17)18)15-13(16)10-6-8-11(9-7-10)19-4-2/h1,6-9,12H,4-5H2,2H3,(H,15,16)(H,17,18). The minimum Gasteiger partial charge on any atom is -0.494 e. The molecule has 0 aromatic heterocycles. The van der Waals surface area contributed by atoms with E-state index in [1.165, 1.54) is 0 Å². The van der Waals surface area contributed by atoms with Gasteiger partial charge < -0.3 is 15.2 Å². The van der Waals surface area contributed by atoms with Gasteiger partial charge in [-0.15, -0.1) is 12.3 Å². The number of amides is 1. The smallest absolute Gasteiger partial charge is 0.327 e. The molecule has 2 N–H and O–H groups in total. The molecule has 0 heterocycles. The summed E-state index contributed by atoms with van der Waals surface area (Å²) in [7, 11) is 0. The van der Waals surface area contributed by atoms with Crippen LogP contribution in [-0.2, 0) is 4.79 Å². The highest BCUT2D eigenvalue weighted by atomic mass is 16.5. The normalized spacial score (nSPS) is 11.2. The summed E-state index contributed by atoms with van der Waals surface area (Å²) in [4.78, 5) is 22.7. The van der Waals surface area contributed by atoms with E-state index in [0.29, 0.717) is 17.9 Å². The van der Waals surface area contributed by atoms with Gasteiger partial charge in [-0.2, -0.15) is 0 Å². The van der Waals surface area contributed by atoms with Crippen LogP contribution in [0.1, 0.15) is 23.7 Å². The number of carboxylic acid groups (broad SMARTS) is 1. The average Bonchev–Trinajstić information content (AvgIpc) is 2.39. The molecule has 1 rings (SSSR count). The number of carboxylic acids is 1. The number of terminal acetylenes is 1. The molecule has 1 aromatic rings. The molecule has 5 nitrogen and oxygen atoms in total. The molecule has 0 fully saturated rings. The van der Waals surface area contributed by atoms with Gasteiger partial charge in [0, 0.05) is 12.0 Å². The lowest BCUT2D eigenvalue weighted by Gasteiger charge is -2.12. The zero-order valence-electron chi connectivity index (χ0n) is 10.6. The lowest BCUT2D eigenvalue weighted by Crippen LogP contribution is -2.40. The first-order chi connectivity index (χ1) is 9.08. The molecule has 1 atom stereocenters. The maximum absolute atomic E-state index is 11.8. The predicted molar refractivity (Wildman–Crippen MR) is 70.0 cm³/mol. The van der Waals surface area contributed by atoms with Crippen LogP contribution in [0.3, 0.4) is 0 Å². The van der Waals surface area contributed by atoms with Crippen molar-refractivity contribution < 1.29 is 19.4 Å². The van der Waals surface area contributed by atoms with Gasteiger partial charge in [0.05, 0.1) is 6.61 Å². The zero-order valence-corrected chi connectivity index (χ0v) is 10.6. The second-order valence-electron chi connectivity index (χ2n) is 3.73. The summed E-state index contributed by atoms with van der Waals surface area (Å²) in [5.74, 6) is 1.23. The first-order valence-corrected chi connectivity index (χ1v) is 5.78. The van der Waals surface area contributed by atoms with Crippen molar-refractivity contribution in [2.45, 2.75) is 19.4 Å². The third-order valence-corrected chi connectivity index (χ3v) is 2.35. The Labute approximate surface area is 111 Å². The molecule has 1 unspecified atom stereocenters. The lowest BCUT2D eigenvalue weighted by atomic mass is 10.1. The number of aliphatic carboxylic acids is 1. The summed E-state index contributed by atoms with van der Waals surface area (Å²) in [6.07, 6.45) is 5.00. The van der Waals surface area contributed by atoms with Gasteiger partial charge in [0.15, 0.2) is 0 Å². The van der Waals surface area contributed by atoms with Crippen molar-refractivity contribution in [1.82, 2.24) is 5.32 Å². The fraction of sp³-hybridized carbons (Fsp3) is 0.286. The number of hydrogen-bond acceptors (Lipinski definition) is 3. The van der Waals surface area contributed by atoms with Crippen molar-refractivity contribution in [3.63, 3.8) is 0 Å². The van der Waals surface area contributed by atoms with Crippen LogP contribution in [0, 0.1) is 12.3 Å². The van der Waals surface area contributed by atoms with Gasteiger partial charge in [-0.1, -0.05) is 0 Å². The van der Waals surface area contributed by atoms with Crippen molar-refractivity contribution in [3.05, 3.63) is 29.8 Å². The third-order valence-electron chi connectivity index (χ3n) is 2.35. The molecule has 0 radical (unpaired) electrons. The maximum Gasteiger partial charge on any atom is 0.327 e. The molecule has 19 heavy (non-hydrogen) atoms. The van der Waals surface area contributed by atoms with Gasteiger partial charge >= 0.3 is 5.97 Å². The Hall–Kier alpha value is -2.48. The Morgan fingerprint density at radius 1 is 1.42 bits per heavy atom. The van der Waals surface area contributed by atoms with E-state index >= 15 is 0 Å². The van der Waals surface area contributed by atoms with E-state index in [-0.39, 0.29) is 6.42 Å². The van der Waals surface area contributed by atoms with Crippen molar-refractivity contribution in [1.29, 1.82) is 0 Å². The van der Waals surface area contributed by atoms with Gasteiger partial charge in [0.1, 0.15) is 11.8 Å². The maximum atomic E-state index is 11.8. The Morgan fingerprint density at radius 2 is 2.05 bits per heavy atom. The minimum absolute atomic E-state index is 0.0574. The number of carbonyl (C=O) groups excluding carboxylic acids is 1. The number of nitrogens with one attached hydrogen (secondary N) is 1. The van der Waals surface area contributed by atoms with Gasteiger partial charge in [0.2, 0.25) is 0 Å². The highest BCUT2D eigenvalue weighted by Gasteiger charge is 2.19. The van der Waals surface area contributed by atoms with Crippen LogP contribution in [0.15, 0.2) is 24.3 Å². The van der Waals surface area contributed by atoms with E-state index in [9.17, 15) is 9.59 Å². The molecule has 0 aliphatic carbocycles. The van der Waals surface area contributed by atoms with Gasteiger partial charge in [-0.05, 0) is 31.2 Å². The van der Waals surface area contributed by atoms with Crippen molar-refractivity contribution in [2.75, 3.05) is 6.61 Å². The molecule has 0 saturated carbocycles. The fourth-order valence-electron chi connectivity index (χ4n) is 1.43. The topological polar surface area (TPSA) is 75.6 Å². The molecule has 100 valence electrons. The molecule has 0 aliphatic heterocycles. The van der Waals surface area contributed by atoms with Crippen LogP contribution in [0.2, 0.25) is 0 Å². The van der Waals surface area contributed by atoms with Crippen LogP contribution in [0.25, 0.3) is 0 Å². The molecular weight excluding hydrogens is 246 g/mol. The number of rotatable bonds is 6. The Kier molecular flexibility index (Phi) is 5.42. The average molecular weight is 261 g/mol. The van der Waals surface area contributed by atoms with E-state index in [1.54, 1.807) is 24.3 Å². The Balaban J connectivity index is 2.72. The largest absolute Gasteiger partial charge is 0.494 e. The van der Waals surface area contributed by atoms with Gasteiger partial charge in [-0.25, -0.2) is 4.79 Å². The summed E-state index contributed by atoms with van der Waals surface area (Å²) in [5, 5.41) is 11.2. The molecule has 0 aliphatic rings. The Bertz CT molecular complexity index is 487. The van der Waals surface area contributed by atoms with Crippen LogP contribution in [-0.4, -0.2) is 29.6 Å². The molecule has 0 saturated heterocycles. The van der Waals surface area contributed by atoms with E-state index in [2.05, 4.69) is 11.2 Å². The second kappa shape index (κ2) is 7.07. The number of benzene rings is 1. The summed E-state index contributed by atoms with van der Waals surface area (Å²) < 4.78 is 5.25. The highest BCUT2D eigenvalue weighted by molar-refractivity contribution is 5.96. The molecule has 5 heteroatoms. The SMILES string of the molecule is C#CCC(NC(=O)c1ccc(OCC)cc1)C(=O)O. The van der Waals surface area contributed by atoms with Gasteiger partial charge in [-0.3, -0.25) is 4.79 Å². The fourth-order valence-corrected chi connectivity index (χ4v) is 1.43. The molecule has 1 aromatic carbocycles. The quantitative estimate of drug-likeness (QED) is 0.757. The summed E-state index contributed by atoms with van der Waals surface area (Å²) in [6.45, 7) is 2.40. The first-order valence-electron chi connectivity index (χ1n) is 5.78.